The van der Waals surface area contributed by atoms with Crippen LogP contribution >= 0.6 is 0 Å². The molecule has 2 aromatic rings. The molecule has 114 valence electrons. The van der Waals surface area contributed by atoms with Gasteiger partial charge in [0, 0.05) is 0 Å². The summed E-state index contributed by atoms with van der Waals surface area (Å²) in [4.78, 5) is 3.75. The summed E-state index contributed by atoms with van der Waals surface area (Å²) in [6, 6.07) is 3.18. The molecule has 0 unspecified atom stereocenters. The molecule has 2 rings (SSSR count). The normalized spacial score (nSPS) is 11.8. The zero-order valence-corrected chi connectivity index (χ0v) is 12.4. The minimum Gasteiger partial charge on any atom is -0.444 e. The van der Waals surface area contributed by atoms with E-state index in [0.29, 0.717) is 11.5 Å². The second kappa shape index (κ2) is 5.92. The Kier molecular flexibility index (Phi) is 4.40. The van der Waals surface area contributed by atoms with Gasteiger partial charge < -0.3 is 9.52 Å². The van der Waals surface area contributed by atoms with E-state index in [2.05, 4.69) is 9.71 Å². The van der Waals surface area contributed by atoms with Crippen LogP contribution < -0.4 is 4.72 Å². The van der Waals surface area contributed by atoms with Gasteiger partial charge >= 0.3 is 0 Å². The van der Waals surface area contributed by atoms with Crippen molar-refractivity contribution in [3.63, 3.8) is 0 Å². The maximum Gasteiger partial charge on any atom is 0.241 e. The summed E-state index contributed by atoms with van der Waals surface area (Å²) in [5.74, 6) is 0.122. The maximum atomic E-state index is 13.2. The molecule has 21 heavy (non-hydrogen) atoms. The average Bonchev–Trinajstić information content (AvgIpc) is 2.76. The highest BCUT2D eigenvalue weighted by Gasteiger charge is 2.20. The fourth-order valence-electron chi connectivity index (χ4n) is 1.76. The van der Waals surface area contributed by atoms with Crippen LogP contribution in [0.4, 0.5) is 4.39 Å². The predicted molar refractivity (Wildman–Crippen MR) is 72.3 cm³/mol. The van der Waals surface area contributed by atoms with Gasteiger partial charge in [-0.3, -0.25) is 0 Å². The lowest BCUT2D eigenvalue weighted by Gasteiger charge is -2.09. The van der Waals surface area contributed by atoms with Gasteiger partial charge in [-0.25, -0.2) is 22.5 Å². The zero-order chi connectivity index (χ0) is 15.6. The van der Waals surface area contributed by atoms with Gasteiger partial charge in [0.05, 0.1) is 23.7 Å². The Balaban J connectivity index is 2.24. The molecule has 0 saturated carbocycles. The smallest absolute Gasteiger partial charge is 0.241 e. The number of halogens is 1. The molecule has 0 aliphatic rings. The fourth-order valence-corrected chi connectivity index (χ4v) is 2.97. The van der Waals surface area contributed by atoms with Crippen LogP contribution in [0.25, 0.3) is 0 Å². The molecule has 0 atom stereocenters. The Morgan fingerprint density at radius 3 is 2.67 bits per heavy atom. The number of aliphatic hydroxyl groups is 1. The minimum absolute atomic E-state index is 0.115. The number of benzene rings is 1. The summed E-state index contributed by atoms with van der Waals surface area (Å²) in [6.07, 6.45) is 0. The molecule has 0 spiro atoms. The highest BCUT2D eigenvalue weighted by molar-refractivity contribution is 7.89. The summed E-state index contributed by atoms with van der Waals surface area (Å²) in [5, 5.41) is 9.15. The van der Waals surface area contributed by atoms with Gasteiger partial charge in [0.25, 0.3) is 0 Å². The molecule has 2 N–H and O–H groups in total. The average molecular weight is 314 g/mol. The molecule has 1 aromatic carbocycles. The van der Waals surface area contributed by atoms with Crippen LogP contribution in [0.3, 0.4) is 0 Å². The Morgan fingerprint density at radius 2 is 2.10 bits per heavy atom. The lowest BCUT2D eigenvalue weighted by molar-refractivity contribution is 0.278. The summed E-state index contributed by atoms with van der Waals surface area (Å²) < 4.78 is 45.1. The van der Waals surface area contributed by atoms with Crippen molar-refractivity contribution in [2.75, 3.05) is 0 Å². The van der Waals surface area contributed by atoms with E-state index < -0.39 is 22.4 Å². The Labute approximate surface area is 121 Å². The lowest BCUT2D eigenvalue weighted by atomic mass is 10.2. The monoisotopic (exact) mass is 314 g/mol. The van der Waals surface area contributed by atoms with E-state index >= 15 is 0 Å². The van der Waals surface area contributed by atoms with Crippen LogP contribution in [-0.4, -0.2) is 18.5 Å². The number of aromatic nitrogens is 1. The van der Waals surface area contributed by atoms with Gasteiger partial charge in [-0.2, -0.15) is 0 Å². The Bertz CT molecular complexity index is 736. The SMILES string of the molecule is Cc1nc(CNS(=O)(=O)c2cc(F)ccc2CO)oc1C. The van der Waals surface area contributed by atoms with Gasteiger partial charge in [0.2, 0.25) is 15.9 Å². The fraction of sp³-hybridized carbons (Fsp3) is 0.308. The summed E-state index contributed by atoms with van der Waals surface area (Å²) in [7, 11) is -3.98. The molecule has 0 saturated heterocycles. The van der Waals surface area contributed by atoms with Crippen molar-refractivity contribution in [1.29, 1.82) is 0 Å². The van der Waals surface area contributed by atoms with Crippen LogP contribution in [-0.2, 0) is 23.2 Å². The van der Waals surface area contributed by atoms with Crippen LogP contribution in [0.2, 0.25) is 0 Å². The molecule has 0 amide bonds. The quantitative estimate of drug-likeness (QED) is 0.870. The first-order valence-corrected chi connectivity index (χ1v) is 7.63. The van der Waals surface area contributed by atoms with Gasteiger partial charge in [-0.05, 0) is 31.5 Å². The molecule has 0 radical (unpaired) electrons. The van der Waals surface area contributed by atoms with E-state index in [0.717, 1.165) is 12.1 Å². The summed E-state index contributed by atoms with van der Waals surface area (Å²) in [5.41, 5.74) is 0.787. The molecule has 6 nitrogen and oxygen atoms in total. The number of hydrogen-bond acceptors (Lipinski definition) is 5. The largest absolute Gasteiger partial charge is 0.444 e. The first-order chi connectivity index (χ1) is 9.83. The van der Waals surface area contributed by atoms with Crippen molar-refractivity contribution in [3.05, 3.63) is 46.9 Å². The van der Waals surface area contributed by atoms with Gasteiger partial charge in [-0.1, -0.05) is 6.07 Å². The molecule has 8 heteroatoms. The van der Waals surface area contributed by atoms with E-state index in [9.17, 15) is 12.8 Å². The number of nitrogens with zero attached hydrogens (tertiary/aromatic N) is 1. The summed E-state index contributed by atoms with van der Waals surface area (Å²) >= 11 is 0. The van der Waals surface area contributed by atoms with E-state index in [-0.39, 0.29) is 22.9 Å². The molecular weight excluding hydrogens is 299 g/mol. The second-order valence-electron chi connectivity index (χ2n) is 4.48. The van der Waals surface area contributed by atoms with Crippen molar-refractivity contribution < 1.29 is 22.3 Å². The van der Waals surface area contributed by atoms with Gasteiger partial charge in [-0.15, -0.1) is 0 Å². The zero-order valence-electron chi connectivity index (χ0n) is 11.6. The molecule has 1 aromatic heterocycles. The topological polar surface area (TPSA) is 92.4 Å². The van der Waals surface area contributed by atoms with Crippen molar-refractivity contribution in [2.45, 2.75) is 31.9 Å². The highest BCUT2D eigenvalue weighted by atomic mass is 32.2. The third-order valence-electron chi connectivity index (χ3n) is 2.98. The number of hydrogen-bond donors (Lipinski definition) is 2. The first-order valence-electron chi connectivity index (χ1n) is 6.15. The van der Waals surface area contributed by atoms with E-state index in [1.54, 1.807) is 13.8 Å². The number of oxazole rings is 1. The second-order valence-corrected chi connectivity index (χ2v) is 6.22. The number of aliphatic hydroxyl groups excluding tert-OH is 1. The van der Waals surface area contributed by atoms with Gasteiger partial charge in [0.15, 0.2) is 0 Å². The standard InChI is InChI=1S/C13H15FN2O4S/c1-8-9(2)20-13(16-8)6-15-21(18,19)12-5-11(14)4-3-10(12)7-17/h3-5,15,17H,6-7H2,1-2H3. The number of sulfonamides is 1. The van der Waals surface area contributed by atoms with E-state index in [1.807, 2.05) is 0 Å². The first kappa shape index (κ1) is 15.6. The van der Waals surface area contributed by atoms with Crippen LogP contribution in [0.15, 0.2) is 27.5 Å². The van der Waals surface area contributed by atoms with Crippen LogP contribution in [0.1, 0.15) is 22.9 Å². The third-order valence-corrected chi connectivity index (χ3v) is 4.46. The number of nitrogens with one attached hydrogen (secondary N) is 1. The van der Waals surface area contributed by atoms with Crippen LogP contribution in [0.5, 0.6) is 0 Å². The number of rotatable bonds is 5. The maximum absolute atomic E-state index is 13.2. The van der Waals surface area contributed by atoms with E-state index in [4.69, 9.17) is 9.52 Å². The summed E-state index contributed by atoms with van der Waals surface area (Å²) in [6.45, 7) is 2.80. The molecule has 1 heterocycles. The van der Waals surface area contributed by atoms with Crippen molar-refractivity contribution in [1.82, 2.24) is 9.71 Å². The Hall–Kier alpha value is -1.77. The predicted octanol–water partition coefficient (Wildman–Crippen LogP) is 1.40. The Morgan fingerprint density at radius 1 is 1.38 bits per heavy atom. The molecule has 0 bridgehead atoms. The molecule has 0 fully saturated rings. The van der Waals surface area contributed by atoms with Crippen molar-refractivity contribution in [3.8, 4) is 0 Å². The third kappa shape index (κ3) is 3.46. The van der Waals surface area contributed by atoms with Crippen LogP contribution in [0, 0.1) is 19.7 Å². The number of aryl methyl sites for hydroxylation is 2. The van der Waals surface area contributed by atoms with Crippen molar-refractivity contribution >= 4 is 10.0 Å². The van der Waals surface area contributed by atoms with E-state index in [1.165, 1.54) is 6.07 Å². The highest BCUT2D eigenvalue weighted by Crippen LogP contribution is 2.18. The minimum atomic E-state index is -3.98. The van der Waals surface area contributed by atoms with Gasteiger partial charge in [0.1, 0.15) is 11.6 Å². The molecule has 0 aliphatic carbocycles. The molecule has 0 aliphatic heterocycles. The lowest BCUT2D eigenvalue weighted by Crippen LogP contribution is -2.24. The molecular formula is C13H15FN2O4S. The van der Waals surface area contributed by atoms with Crippen molar-refractivity contribution in [2.24, 2.45) is 0 Å².